The van der Waals surface area contributed by atoms with Crippen LogP contribution in [0, 0.1) is 13.8 Å². The minimum Gasteiger partial charge on any atom is -0.438 e. The van der Waals surface area contributed by atoms with Crippen molar-refractivity contribution in [3.63, 3.8) is 0 Å². The van der Waals surface area contributed by atoms with E-state index in [9.17, 15) is 0 Å². The molecule has 20 heavy (non-hydrogen) atoms. The number of hydrogen-bond donors (Lipinski definition) is 1. The number of benzene rings is 1. The second-order valence-corrected chi connectivity index (χ2v) is 5.68. The molecule has 0 unspecified atom stereocenters. The lowest BCUT2D eigenvalue weighted by Gasteiger charge is -2.13. The molecule has 4 heteroatoms. The van der Waals surface area contributed by atoms with Gasteiger partial charge in [-0.3, -0.25) is 0 Å². The second-order valence-electron chi connectivity index (χ2n) is 4.77. The molecule has 0 amide bonds. The lowest BCUT2D eigenvalue weighted by molar-refractivity contribution is 0.449. The van der Waals surface area contributed by atoms with E-state index in [1.807, 2.05) is 19.1 Å². The Morgan fingerprint density at radius 1 is 1.25 bits per heavy atom. The van der Waals surface area contributed by atoms with E-state index in [-0.39, 0.29) is 0 Å². The molecule has 3 nitrogen and oxygen atoms in total. The highest BCUT2D eigenvalue weighted by atomic mass is 79.9. The zero-order valence-electron chi connectivity index (χ0n) is 12.0. The van der Waals surface area contributed by atoms with E-state index in [2.05, 4.69) is 52.2 Å². The van der Waals surface area contributed by atoms with Crippen LogP contribution < -0.4 is 10.1 Å². The average Bonchev–Trinajstić information content (AvgIpc) is 2.43. The maximum atomic E-state index is 6.00. The Hall–Kier alpha value is -1.39. The fourth-order valence-corrected chi connectivity index (χ4v) is 2.25. The Bertz CT molecular complexity index is 599. The topological polar surface area (TPSA) is 34.2 Å². The van der Waals surface area contributed by atoms with Crippen LogP contribution in [0.25, 0.3) is 0 Å². The molecule has 0 bridgehead atoms. The lowest BCUT2D eigenvalue weighted by atomic mass is 10.1. The summed E-state index contributed by atoms with van der Waals surface area (Å²) in [7, 11) is 0. The van der Waals surface area contributed by atoms with Crippen LogP contribution in [0.5, 0.6) is 11.6 Å². The monoisotopic (exact) mass is 334 g/mol. The molecule has 0 saturated heterocycles. The quantitative estimate of drug-likeness (QED) is 0.881. The molecule has 2 rings (SSSR count). The maximum absolute atomic E-state index is 6.00. The summed E-state index contributed by atoms with van der Waals surface area (Å²) >= 11 is 3.45. The van der Waals surface area contributed by atoms with Gasteiger partial charge < -0.3 is 10.1 Å². The van der Waals surface area contributed by atoms with Crippen molar-refractivity contribution in [3.05, 3.63) is 51.6 Å². The van der Waals surface area contributed by atoms with Gasteiger partial charge >= 0.3 is 0 Å². The SMILES string of the molecule is CCNCc1cc(Br)cnc1Oc1cc(C)ccc1C. The van der Waals surface area contributed by atoms with Crippen LogP contribution in [0.15, 0.2) is 34.9 Å². The first kappa shape index (κ1) is 15.0. The molecular formula is C16H19BrN2O. The van der Waals surface area contributed by atoms with Crippen molar-refractivity contribution < 1.29 is 4.74 Å². The third-order valence-electron chi connectivity index (χ3n) is 3.01. The van der Waals surface area contributed by atoms with Crippen LogP contribution in [0.4, 0.5) is 0 Å². The van der Waals surface area contributed by atoms with Crippen molar-refractivity contribution in [1.82, 2.24) is 10.3 Å². The maximum Gasteiger partial charge on any atom is 0.223 e. The minimum absolute atomic E-state index is 0.655. The third-order valence-corrected chi connectivity index (χ3v) is 3.44. The van der Waals surface area contributed by atoms with E-state index in [0.717, 1.165) is 34.4 Å². The standard InChI is InChI=1S/C16H19BrN2O/c1-4-18-9-13-8-14(17)10-19-16(13)20-15-7-11(2)5-6-12(15)3/h5-8,10,18H,4,9H2,1-3H3. The Balaban J connectivity index is 2.30. The van der Waals surface area contributed by atoms with Gasteiger partial charge in [0.05, 0.1) is 0 Å². The Morgan fingerprint density at radius 3 is 2.80 bits per heavy atom. The molecule has 0 fully saturated rings. The molecule has 0 saturated carbocycles. The molecule has 1 N–H and O–H groups in total. The summed E-state index contributed by atoms with van der Waals surface area (Å²) in [6, 6.07) is 8.22. The molecule has 0 atom stereocenters. The van der Waals surface area contributed by atoms with Crippen molar-refractivity contribution in [3.8, 4) is 11.6 Å². The van der Waals surface area contributed by atoms with Gasteiger partial charge in [0.25, 0.3) is 0 Å². The largest absolute Gasteiger partial charge is 0.438 e. The first-order chi connectivity index (χ1) is 9.60. The van der Waals surface area contributed by atoms with Gasteiger partial charge in [0.2, 0.25) is 5.88 Å². The predicted octanol–water partition coefficient (Wildman–Crippen LogP) is 4.36. The number of pyridine rings is 1. The third kappa shape index (κ3) is 3.81. The zero-order valence-corrected chi connectivity index (χ0v) is 13.6. The number of aryl methyl sites for hydroxylation is 2. The number of nitrogens with zero attached hydrogens (tertiary/aromatic N) is 1. The van der Waals surface area contributed by atoms with E-state index >= 15 is 0 Å². The molecule has 0 radical (unpaired) electrons. The molecule has 1 heterocycles. The first-order valence-electron chi connectivity index (χ1n) is 6.70. The van der Waals surface area contributed by atoms with Crippen molar-refractivity contribution in [2.24, 2.45) is 0 Å². The van der Waals surface area contributed by atoms with Crippen LogP contribution in [0.3, 0.4) is 0 Å². The van der Waals surface area contributed by atoms with Crippen molar-refractivity contribution >= 4 is 15.9 Å². The Kier molecular flexibility index (Phi) is 5.15. The highest BCUT2D eigenvalue weighted by molar-refractivity contribution is 9.10. The van der Waals surface area contributed by atoms with Crippen LogP contribution in [-0.2, 0) is 6.54 Å². The summed E-state index contributed by atoms with van der Waals surface area (Å²) in [5.74, 6) is 1.51. The number of aromatic nitrogens is 1. The fraction of sp³-hybridized carbons (Fsp3) is 0.312. The van der Waals surface area contributed by atoms with Gasteiger partial charge in [-0.25, -0.2) is 4.98 Å². The summed E-state index contributed by atoms with van der Waals surface area (Å²) in [5.41, 5.74) is 3.33. The van der Waals surface area contributed by atoms with Gasteiger partial charge in [-0.2, -0.15) is 0 Å². The highest BCUT2D eigenvalue weighted by Crippen LogP contribution is 2.28. The lowest BCUT2D eigenvalue weighted by Crippen LogP contribution is -2.13. The molecule has 0 aliphatic heterocycles. The van der Waals surface area contributed by atoms with Crippen LogP contribution in [0.2, 0.25) is 0 Å². The van der Waals surface area contributed by atoms with E-state index in [1.54, 1.807) is 6.20 Å². The molecular weight excluding hydrogens is 316 g/mol. The predicted molar refractivity (Wildman–Crippen MR) is 85.3 cm³/mol. The minimum atomic E-state index is 0.655. The van der Waals surface area contributed by atoms with Crippen molar-refractivity contribution in [2.45, 2.75) is 27.3 Å². The smallest absolute Gasteiger partial charge is 0.223 e. The zero-order chi connectivity index (χ0) is 14.5. The summed E-state index contributed by atoms with van der Waals surface area (Å²) in [6.45, 7) is 7.83. The second kappa shape index (κ2) is 6.86. The number of halogens is 1. The first-order valence-corrected chi connectivity index (χ1v) is 7.49. The molecule has 0 aliphatic carbocycles. The van der Waals surface area contributed by atoms with Crippen LogP contribution in [0.1, 0.15) is 23.6 Å². The van der Waals surface area contributed by atoms with Gasteiger partial charge in [0.1, 0.15) is 5.75 Å². The summed E-state index contributed by atoms with van der Waals surface area (Å²) in [4.78, 5) is 4.39. The number of nitrogens with one attached hydrogen (secondary N) is 1. The van der Waals surface area contributed by atoms with E-state index in [0.29, 0.717) is 5.88 Å². The van der Waals surface area contributed by atoms with Crippen LogP contribution in [-0.4, -0.2) is 11.5 Å². The highest BCUT2D eigenvalue weighted by Gasteiger charge is 2.09. The van der Waals surface area contributed by atoms with Gasteiger partial charge in [-0.15, -0.1) is 0 Å². The van der Waals surface area contributed by atoms with Crippen LogP contribution >= 0.6 is 15.9 Å². The van der Waals surface area contributed by atoms with Gasteiger partial charge in [0, 0.05) is 22.8 Å². The van der Waals surface area contributed by atoms with Gasteiger partial charge in [-0.1, -0.05) is 19.1 Å². The average molecular weight is 335 g/mol. The molecule has 1 aromatic carbocycles. The molecule has 0 spiro atoms. The summed E-state index contributed by atoms with van der Waals surface area (Å²) in [6.07, 6.45) is 1.76. The Morgan fingerprint density at radius 2 is 2.05 bits per heavy atom. The van der Waals surface area contributed by atoms with Crippen molar-refractivity contribution in [2.75, 3.05) is 6.54 Å². The molecule has 2 aromatic rings. The van der Waals surface area contributed by atoms with Gasteiger partial charge in [0.15, 0.2) is 0 Å². The van der Waals surface area contributed by atoms with E-state index in [1.165, 1.54) is 5.56 Å². The summed E-state index contributed by atoms with van der Waals surface area (Å²) < 4.78 is 6.96. The van der Waals surface area contributed by atoms with Gasteiger partial charge in [-0.05, 0) is 59.6 Å². The molecule has 106 valence electrons. The summed E-state index contributed by atoms with van der Waals surface area (Å²) in [5, 5.41) is 3.30. The molecule has 0 aliphatic rings. The number of hydrogen-bond acceptors (Lipinski definition) is 3. The van der Waals surface area contributed by atoms with Crippen molar-refractivity contribution in [1.29, 1.82) is 0 Å². The van der Waals surface area contributed by atoms with E-state index in [4.69, 9.17) is 4.74 Å². The Labute approximate surface area is 128 Å². The normalized spacial score (nSPS) is 10.6. The molecule has 1 aromatic heterocycles. The number of ether oxygens (including phenoxy) is 1. The van der Waals surface area contributed by atoms with E-state index < -0.39 is 0 Å². The fourth-order valence-electron chi connectivity index (χ4n) is 1.87. The number of rotatable bonds is 5.